The molecule has 3 rings (SSSR count). The summed E-state index contributed by atoms with van der Waals surface area (Å²) >= 11 is 0. The maximum absolute atomic E-state index is 12.7. The highest BCUT2D eigenvalue weighted by molar-refractivity contribution is 5.92. The van der Waals surface area contributed by atoms with Crippen molar-refractivity contribution in [3.8, 4) is 0 Å². The smallest absolute Gasteiger partial charge is 0.249 e. The summed E-state index contributed by atoms with van der Waals surface area (Å²) in [6, 6.07) is 17.0. The summed E-state index contributed by atoms with van der Waals surface area (Å²) in [7, 11) is 3.45. The lowest BCUT2D eigenvalue weighted by atomic mass is 9.91. The van der Waals surface area contributed by atoms with Crippen LogP contribution in [0.5, 0.6) is 0 Å². The quantitative estimate of drug-likeness (QED) is 0.873. The van der Waals surface area contributed by atoms with Crippen molar-refractivity contribution in [2.45, 2.75) is 19.0 Å². The molecule has 0 N–H and O–H groups in total. The van der Waals surface area contributed by atoms with E-state index in [-0.39, 0.29) is 11.8 Å². The van der Waals surface area contributed by atoms with Gasteiger partial charge in [0, 0.05) is 20.6 Å². The summed E-state index contributed by atoms with van der Waals surface area (Å²) in [4.78, 5) is 28.6. The molecule has 2 aromatic carbocycles. The first-order valence-electron chi connectivity index (χ1n) is 7.70. The van der Waals surface area contributed by atoms with Crippen LogP contribution in [0.1, 0.15) is 22.7 Å². The highest BCUT2D eigenvalue weighted by atomic mass is 16.2. The van der Waals surface area contributed by atoms with Crippen molar-refractivity contribution < 1.29 is 9.59 Å². The Morgan fingerprint density at radius 2 is 1.74 bits per heavy atom. The maximum atomic E-state index is 12.7. The fourth-order valence-corrected chi connectivity index (χ4v) is 3.01. The average Bonchev–Trinajstić information content (AvgIpc) is 2.56. The van der Waals surface area contributed by atoms with E-state index < -0.39 is 6.04 Å². The fraction of sp³-hybridized carbons (Fsp3) is 0.263. The number of carbonyl (C=O) groups excluding carboxylic acids is 2. The molecule has 0 aromatic heterocycles. The van der Waals surface area contributed by atoms with Gasteiger partial charge in [-0.25, -0.2) is 0 Å². The first kappa shape index (κ1) is 15.3. The largest absolute Gasteiger partial charge is 0.347 e. The highest BCUT2D eigenvalue weighted by Gasteiger charge is 2.37. The summed E-state index contributed by atoms with van der Waals surface area (Å²) in [5.41, 5.74) is 2.90. The van der Waals surface area contributed by atoms with Gasteiger partial charge in [-0.1, -0.05) is 54.6 Å². The van der Waals surface area contributed by atoms with E-state index in [1.54, 1.807) is 23.9 Å². The summed E-state index contributed by atoms with van der Waals surface area (Å²) in [6.45, 7) is 0.443. The van der Waals surface area contributed by atoms with Crippen molar-refractivity contribution in [2.24, 2.45) is 0 Å². The van der Waals surface area contributed by atoms with E-state index in [1.165, 1.54) is 0 Å². The summed E-state index contributed by atoms with van der Waals surface area (Å²) in [6.07, 6.45) is 0.347. The molecule has 0 radical (unpaired) electrons. The van der Waals surface area contributed by atoms with Gasteiger partial charge < -0.3 is 9.80 Å². The molecule has 2 aromatic rings. The molecule has 1 aliphatic rings. The van der Waals surface area contributed by atoms with Crippen molar-refractivity contribution in [1.82, 2.24) is 9.80 Å². The van der Waals surface area contributed by atoms with Crippen molar-refractivity contribution in [1.29, 1.82) is 0 Å². The summed E-state index contributed by atoms with van der Waals surface area (Å²) in [5, 5.41) is 0. The number of benzene rings is 2. The minimum absolute atomic E-state index is 0.00671. The third kappa shape index (κ3) is 2.97. The number of rotatable bonds is 3. The van der Waals surface area contributed by atoms with Crippen LogP contribution in [0.25, 0.3) is 0 Å². The van der Waals surface area contributed by atoms with Gasteiger partial charge in [-0.15, -0.1) is 0 Å². The number of nitrogens with zero attached hydrogens (tertiary/aromatic N) is 2. The van der Waals surface area contributed by atoms with Crippen molar-refractivity contribution >= 4 is 11.8 Å². The lowest BCUT2D eigenvalue weighted by Gasteiger charge is -2.37. The fourth-order valence-electron chi connectivity index (χ4n) is 3.01. The van der Waals surface area contributed by atoms with Crippen LogP contribution in [0.4, 0.5) is 0 Å². The van der Waals surface area contributed by atoms with Crippen LogP contribution in [0.3, 0.4) is 0 Å². The van der Waals surface area contributed by atoms with Crippen LogP contribution in [-0.4, -0.2) is 35.7 Å². The van der Waals surface area contributed by atoms with Crippen LogP contribution >= 0.6 is 0 Å². The van der Waals surface area contributed by atoms with Crippen LogP contribution in [0.2, 0.25) is 0 Å². The lowest BCUT2D eigenvalue weighted by molar-refractivity contribution is -0.146. The van der Waals surface area contributed by atoms with Crippen molar-refractivity contribution in [2.75, 3.05) is 14.1 Å². The molecule has 118 valence electrons. The van der Waals surface area contributed by atoms with Gasteiger partial charge in [0.2, 0.25) is 11.8 Å². The number of hydrogen-bond donors (Lipinski definition) is 0. The number of carbonyl (C=O) groups is 2. The average molecular weight is 308 g/mol. The van der Waals surface area contributed by atoms with E-state index in [0.29, 0.717) is 13.0 Å². The number of fused-ring (bicyclic) bond motifs is 1. The molecule has 0 fully saturated rings. The first-order chi connectivity index (χ1) is 11.1. The van der Waals surface area contributed by atoms with E-state index in [0.717, 1.165) is 16.7 Å². The molecule has 0 saturated heterocycles. The highest BCUT2D eigenvalue weighted by Crippen LogP contribution is 2.32. The molecular weight excluding hydrogens is 288 g/mol. The molecule has 1 atom stereocenters. The van der Waals surface area contributed by atoms with E-state index >= 15 is 0 Å². The van der Waals surface area contributed by atoms with E-state index in [9.17, 15) is 9.59 Å². The SMILES string of the molecule is CN(C)C(=O)[C@H]1c2ccccc2CC(=O)N1Cc1ccccc1. The van der Waals surface area contributed by atoms with E-state index in [1.807, 2.05) is 54.6 Å². The third-order valence-electron chi connectivity index (χ3n) is 4.19. The normalized spacial score (nSPS) is 16.9. The molecule has 0 saturated carbocycles. The second-order valence-electron chi connectivity index (χ2n) is 6.02. The Balaban J connectivity index is 2.02. The van der Waals surface area contributed by atoms with Gasteiger partial charge in [0.15, 0.2) is 0 Å². The Bertz CT molecular complexity index is 725. The van der Waals surface area contributed by atoms with Gasteiger partial charge >= 0.3 is 0 Å². The molecule has 1 aliphatic heterocycles. The monoisotopic (exact) mass is 308 g/mol. The molecule has 1 heterocycles. The standard InChI is InChI=1S/C19H20N2O2/c1-20(2)19(23)18-16-11-7-6-10-15(16)12-17(22)21(18)13-14-8-4-3-5-9-14/h3-11,18H,12-13H2,1-2H3/t18-/m1/s1. The van der Waals surface area contributed by atoms with Gasteiger partial charge in [-0.2, -0.15) is 0 Å². The molecule has 0 spiro atoms. The van der Waals surface area contributed by atoms with Gasteiger partial charge in [0.1, 0.15) is 6.04 Å². The van der Waals surface area contributed by atoms with Crippen molar-refractivity contribution in [3.05, 3.63) is 71.3 Å². The Morgan fingerprint density at radius 3 is 2.43 bits per heavy atom. The molecule has 0 unspecified atom stereocenters. The Morgan fingerprint density at radius 1 is 1.09 bits per heavy atom. The topological polar surface area (TPSA) is 40.6 Å². The van der Waals surface area contributed by atoms with E-state index in [4.69, 9.17) is 0 Å². The molecule has 4 nitrogen and oxygen atoms in total. The maximum Gasteiger partial charge on any atom is 0.249 e. The Kier molecular flexibility index (Phi) is 4.15. The molecular formula is C19H20N2O2. The number of hydrogen-bond acceptors (Lipinski definition) is 2. The molecule has 0 bridgehead atoms. The number of likely N-dealkylation sites (N-methyl/N-ethyl adjacent to an activating group) is 1. The Hall–Kier alpha value is -2.62. The zero-order valence-corrected chi connectivity index (χ0v) is 13.4. The molecule has 0 aliphatic carbocycles. The summed E-state index contributed by atoms with van der Waals surface area (Å²) < 4.78 is 0. The zero-order valence-electron chi connectivity index (χ0n) is 13.4. The second kappa shape index (κ2) is 6.24. The van der Waals surface area contributed by atoms with Gasteiger partial charge in [-0.05, 0) is 16.7 Å². The second-order valence-corrected chi connectivity index (χ2v) is 6.02. The first-order valence-corrected chi connectivity index (χ1v) is 7.70. The molecule has 2 amide bonds. The van der Waals surface area contributed by atoms with Crippen LogP contribution in [-0.2, 0) is 22.6 Å². The van der Waals surface area contributed by atoms with Gasteiger partial charge in [0.05, 0.1) is 6.42 Å². The van der Waals surface area contributed by atoms with Crippen molar-refractivity contribution in [3.63, 3.8) is 0 Å². The molecule has 23 heavy (non-hydrogen) atoms. The van der Waals surface area contributed by atoms with E-state index in [2.05, 4.69) is 0 Å². The van der Waals surface area contributed by atoms with Gasteiger partial charge in [-0.3, -0.25) is 9.59 Å². The predicted octanol–water partition coefficient (Wildman–Crippen LogP) is 2.40. The number of amides is 2. The lowest BCUT2D eigenvalue weighted by Crippen LogP contribution is -2.46. The van der Waals surface area contributed by atoms with Crippen LogP contribution < -0.4 is 0 Å². The van der Waals surface area contributed by atoms with Crippen LogP contribution in [0.15, 0.2) is 54.6 Å². The third-order valence-corrected chi connectivity index (χ3v) is 4.19. The predicted molar refractivity (Wildman–Crippen MR) is 88.6 cm³/mol. The van der Waals surface area contributed by atoms with Crippen LogP contribution in [0, 0.1) is 0 Å². The molecule has 4 heteroatoms. The minimum atomic E-state index is -0.553. The summed E-state index contributed by atoms with van der Waals surface area (Å²) in [5.74, 6) is -0.0748. The zero-order chi connectivity index (χ0) is 16.4. The minimum Gasteiger partial charge on any atom is -0.347 e. The van der Waals surface area contributed by atoms with Gasteiger partial charge in [0.25, 0.3) is 0 Å². The Labute approximate surface area is 136 Å².